The second kappa shape index (κ2) is 9.70. The lowest BCUT2D eigenvalue weighted by Crippen LogP contribution is -2.22. The molecule has 0 aliphatic heterocycles. The second-order valence-electron chi connectivity index (χ2n) is 10.2. The Morgan fingerprint density at radius 2 is 1.90 bits per heavy atom. The molecule has 2 aliphatic rings. The highest BCUT2D eigenvalue weighted by atomic mass is 32.3. The van der Waals surface area contributed by atoms with Crippen molar-refractivity contribution in [2.24, 2.45) is 11.1 Å². The molecular weight excluding hydrogens is 546 g/mol. The van der Waals surface area contributed by atoms with E-state index in [9.17, 15) is 27.4 Å². The molecule has 0 bridgehead atoms. The summed E-state index contributed by atoms with van der Waals surface area (Å²) < 4.78 is 52.5. The molecule has 2 aromatic carbocycles. The lowest BCUT2D eigenvalue weighted by molar-refractivity contribution is 0.0691. The van der Waals surface area contributed by atoms with Crippen LogP contribution in [-0.4, -0.2) is 30.4 Å². The number of aromatic nitrogens is 3. The summed E-state index contributed by atoms with van der Waals surface area (Å²) in [6, 6.07) is 8.86. The Bertz CT molecular complexity index is 1650. The maximum Gasteiger partial charge on any atom is 0.355 e. The molecule has 6 rings (SSSR count). The van der Waals surface area contributed by atoms with E-state index in [0.717, 1.165) is 48.3 Å². The van der Waals surface area contributed by atoms with Crippen molar-refractivity contribution >= 4 is 27.7 Å². The monoisotopic (exact) mass is 571 g/mol. The lowest BCUT2D eigenvalue weighted by Gasteiger charge is -2.10. The summed E-state index contributed by atoms with van der Waals surface area (Å²) in [4.78, 5) is 15.3. The molecule has 0 amide bonds. The number of nitrogens with zero attached hydrogens (tertiary/aromatic N) is 3. The number of carbonyl (C=O) groups is 1. The van der Waals surface area contributed by atoms with Gasteiger partial charge in [0.15, 0.2) is 11.5 Å². The zero-order valence-corrected chi connectivity index (χ0v) is 22.3. The quantitative estimate of drug-likeness (QED) is 0.224. The predicted molar refractivity (Wildman–Crippen MR) is 142 cm³/mol. The molecule has 0 saturated heterocycles. The van der Waals surface area contributed by atoms with Crippen molar-refractivity contribution in [2.45, 2.75) is 49.3 Å². The van der Waals surface area contributed by atoms with Crippen LogP contribution in [0.4, 0.5) is 8.78 Å². The third kappa shape index (κ3) is 5.29. The SMILES string of the molecule is N[S+](=O)(O)c1ccc(Cc2c(-c3ccc(F)c(C4CC4)c3)nn(-c3nc(C(=O)O)cs3)c2CC2CC2)cc1F. The van der Waals surface area contributed by atoms with Crippen LogP contribution in [0.1, 0.15) is 64.5 Å². The Balaban J connectivity index is 1.52. The fraction of sp³-hybridized carbons (Fsp3) is 0.296. The van der Waals surface area contributed by atoms with Gasteiger partial charge in [-0.2, -0.15) is 9.65 Å². The van der Waals surface area contributed by atoms with Crippen LogP contribution in [0.25, 0.3) is 16.4 Å². The van der Waals surface area contributed by atoms with Crippen LogP contribution in [-0.2, 0) is 27.5 Å². The highest BCUT2D eigenvalue weighted by Gasteiger charge is 2.32. The Hall–Kier alpha value is -3.32. The minimum Gasteiger partial charge on any atom is -0.476 e. The van der Waals surface area contributed by atoms with Crippen LogP contribution in [0.5, 0.6) is 0 Å². The van der Waals surface area contributed by atoms with Gasteiger partial charge in [0.05, 0.1) is 11.4 Å². The van der Waals surface area contributed by atoms with Gasteiger partial charge in [0.2, 0.25) is 10.0 Å². The van der Waals surface area contributed by atoms with E-state index >= 15 is 0 Å². The van der Waals surface area contributed by atoms with Crippen LogP contribution in [0, 0.1) is 17.6 Å². The van der Waals surface area contributed by atoms with E-state index in [-0.39, 0.29) is 23.8 Å². The maximum atomic E-state index is 14.8. The fourth-order valence-electron chi connectivity index (χ4n) is 4.82. The standard InChI is InChI=1S/C27H24F2N4O4S2/c28-20-7-6-17(12-18(20)16-4-5-16)25-19(9-15-3-8-24(21(29)10-15)39(30,36)37)23(11-14-1-2-14)33(32-25)27-31-22(13-38-27)26(34)35/h3,6-8,10,12-14,16H,1-2,4-5,9,11H2,(H3-,30,34,35,36,37)/p+1. The van der Waals surface area contributed by atoms with Gasteiger partial charge in [0, 0.05) is 29.0 Å². The first-order valence-corrected chi connectivity index (χ1v) is 15.0. The van der Waals surface area contributed by atoms with Gasteiger partial charge < -0.3 is 5.11 Å². The largest absolute Gasteiger partial charge is 0.476 e. The van der Waals surface area contributed by atoms with Gasteiger partial charge in [0.1, 0.15) is 5.82 Å². The predicted octanol–water partition coefficient (Wildman–Crippen LogP) is 5.60. The van der Waals surface area contributed by atoms with Crippen LogP contribution >= 0.6 is 11.3 Å². The number of hydrogen-bond acceptors (Lipinski definition) is 5. The molecule has 1 atom stereocenters. The molecule has 8 nitrogen and oxygen atoms in total. The van der Waals surface area contributed by atoms with Crippen molar-refractivity contribution in [2.75, 3.05) is 0 Å². The van der Waals surface area contributed by atoms with Gasteiger partial charge in [-0.25, -0.2) is 23.2 Å². The molecule has 4 N–H and O–H groups in total. The number of thiazole rings is 1. The zero-order valence-electron chi connectivity index (χ0n) is 20.6. The molecule has 1 unspecified atom stereocenters. The number of carboxylic acids is 1. The summed E-state index contributed by atoms with van der Waals surface area (Å²) in [5, 5.41) is 21.4. The van der Waals surface area contributed by atoms with E-state index < -0.39 is 27.1 Å². The molecule has 2 saturated carbocycles. The first kappa shape index (κ1) is 25.9. The van der Waals surface area contributed by atoms with E-state index in [4.69, 9.17) is 10.2 Å². The average molecular weight is 572 g/mol. The summed E-state index contributed by atoms with van der Waals surface area (Å²) in [6.45, 7) is 0. The summed E-state index contributed by atoms with van der Waals surface area (Å²) in [6.07, 6.45) is 4.84. The molecule has 2 fully saturated rings. The van der Waals surface area contributed by atoms with Crippen molar-refractivity contribution in [3.8, 4) is 16.4 Å². The first-order chi connectivity index (χ1) is 18.6. The van der Waals surface area contributed by atoms with Crippen molar-refractivity contribution in [1.29, 1.82) is 0 Å². The van der Waals surface area contributed by atoms with Crippen LogP contribution in [0.3, 0.4) is 0 Å². The van der Waals surface area contributed by atoms with Gasteiger partial charge in [-0.15, -0.1) is 16.5 Å². The molecule has 2 aromatic heterocycles. The third-order valence-corrected chi connectivity index (χ3v) is 8.92. The van der Waals surface area contributed by atoms with Crippen molar-refractivity contribution < 1.29 is 27.4 Å². The normalized spacial score (nSPS) is 16.8. The number of aromatic carboxylic acids is 1. The Labute approximate surface area is 227 Å². The minimum absolute atomic E-state index is 0.0872. The van der Waals surface area contributed by atoms with Crippen LogP contribution < -0.4 is 5.14 Å². The summed E-state index contributed by atoms with van der Waals surface area (Å²) in [5.41, 5.74) is 3.97. The van der Waals surface area contributed by atoms with Gasteiger partial charge in [-0.1, -0.05) is 6.07 Å². The second-order valence-corrected chi connectivity index (χ2v) is 12.6. The van der Waals surface area contributed by atoms with Crippen LogP contribution in [0.15, 0.2) is 46.7 Å². The maximum absolute atomic E-state index is 14.8. The molecule has 39 heavy (non-hydrogen) atoms. The number of hydrogen-bond donors (Lipinski definition) is 3. The first-order valence-electron chi connectivity index (χ1n) is 12.5. The van der Waals surface area contributed by atoms with Gasteiger partial charge in [0.25, 0.3) is 0 Å². The number of benzene rings is 2. The lowest BCUT2D eigenvalue weighted by atomic mass is 9.95. The van der Waals surface area contributed by atoms with E-state index in [1.54, 1.807) is 16.8 Å². The zero-order chi connectivity index (χ0) is 27.5. The summed E-state index contributed by atoms with van der Waals surface area (Å²) in [5.74, 6) is -1.69. The highest BCUT2D eigenvalue weighted by Crippen LogP contribution is 2.43. The van der Waals surface area contributed by atoms with Gasteiger partial charge >= 0.3 is 16.4 Å². The molecular formula is C27H25F2N4O4S2+. The Morgan fingerprint density at radius 3 is 2.51 bits per heavy atom. The number of nitrogens with two attached hydrogens (primary N) is 1. The van der Waals surface area contributed by atoms with E-state index in [1.807, 2.05) is 6.07 Å². The average Bonchev–Trinajstić information content (AvgIpc) is 3.79. The number of halogens is 2. The highest BCUT2D eigenvalue weighted by molar-refractivity contribution is 7.95. The van der Waals surface area contributed by atoms with E-state index in [2.05, 4.69) is 4.98 Å². The molecule has 0 spiro atoms. The topological polar surface area (TPSA) is 131 Å². The van der Waals surface area contributed by atoms with Crippen molar-refractivity contribution in [3.05, 3.63) is 81.5 Å². The summed E-state index contributed by atoms with van der Waals surface area (Å²) in [7, 11) is -3.97. The van der Waals surface area contributed by atoms with Crippen molar-refractivity contribution in [1.82, 2.24) is 14.8 Å². The molecule has 4 aromatic rings. The van der Waals surface area contributed by atoms with Crippen LogP contribution in [0.2, 0.25) is 0 Å². The minimum atomic E-state index is -3.97. The number of carboxylic acid groups (broad SMARTS) is 1. The fourth-order valence-corrected chi connectivity index (χ4v) is 6.19. The van der Waals surface area contributed by atoms with E-state index in [0.29, 0.717) is 39.9 Å². The summed E-state index contributed by atoms with van der Waals surface area (Å²) >= 11 is 1.16. The van der Waals surface area contributed by atoms with Crippen molar-refractivity contribution in [3.63, 3.8) is 0 Å². The Kier molecular flexibility index (Phi) is 6.45. The smallest absolute Gasteiger partial charge is 0.355 e. The Morgan fingerprint density at radius 1 is 1.13 bits per heavy atom. The third-order valence-electron chi connectivity index (χ3n) is 7.14. The van der Waals surface area contributed by atoms with Gasteiger partial charge in [-0.05, 0) is 83.5 Å². The molecule has 2 heterocycles. The van der Waals surface area contributed by atoms with E-state index in [1.165, 1.54) is 23.6 Å². The molecule has 12 heteroatoms. The van der Waals surface area contributed by atoms with Gasteiger partial charge in [-0.3, -0.25) is 0 Å². The molecule has 202 valence electrons. The molecule has 0 radical (unpaired) electrons. The number of rotatable bonds is 9. The molecule has 2 aliphatic carbocycles.